The highest BCUT2D eigenvalue weighted by molar-refractivity contribution is 5.97. The van der Waals surface area contributed by atoms with Gasteiger partial charge in [0.25, 0.3) is 0 Å². The molecule has 4 heteroatoms. The molecule has 18 heavy (non-hydrogen) atoms. The number of carboxylic acid groups (broad SMARTS) is 1. The smallest absolute Gasteiger partial charge is 0.352 e. The normalized spacial score (nSPS) is 10.9. The van der Waals surface area contributed by atoms with Crippen LogP contribution in [0.15, 0.2) is 36.4 Å². The second kappa shape index (κ2) is 3.77. The van der Waals surface area contributed by atoms with Crippen molar-refractivity contribution in [3.8, 4) is 11.3 Å². The third-order valence-corrected chi connectivity index (χ3v) is 3.08. The van der Waals surface area contributed by atoms with Crippen molar-refractivity contribution >= 4 is 16.9 Å². The van der Waals surface area contributed by atoms with Crippen molar-refractivity contribution in [1.82, 2.24) is 9.97 Å². The fraction of sp³-hybridized carbons (Fsp3) is 0.0714. The van der Waals surface area contributed by atoms with Gasteiger partial charge in [0.1, 0.15) is 5.69 Å². The van der Waals surface area contributed by atoms with Gasteiger partial charge in [-0.25, -0.2) is 4.79 Å². The lowest BCUT2D eigenvalue weighted by Gasteiger charge is -1.98. The summed E-state index contributed by atoms with van der Waals surface area (Å²) in [5.41, 5.74) is 4.13. The number of hydrogen-bond acceptors (Lipinski definition) is 1. The zero-order valence-electron chi connectivity index (χ0n) is 9.82. The first kappa shape index (κ1) is 10.7. The van der Waals surface area contributed by atoms with E-state index in [4.69, 9.17) is 5.11 Å². The number of nitrogens with one attached hydrogen (secondary N) is 2. The third-order valence-electron chi connectivity index (χ3n) is 3.08. The molecule has 2 aromatic heterocycles. The molecule has 0 radical (unpaired) electrons. The number of aromatic carboxylic acids is 1. The number of rotatable bonds is 2. The highest BCUT2D eigenvalue weighted by Gasteiger charge is 2.13. The van der Waals surface area contributed by atoms with E-state index in [0.717, 1.165) is 27.9 Å². The molecule has 90 valence electrons. The van der Waals surface area contributed by atoms with E-state index in [2.05, 4.69) is 9.97 Å². The van der Waals surface area contributed by atoms with Crippen LogP contribution in [0.2, 0.25) is 0 Å². The van der Waals surface area contributed by atoms with Crippen LogP contribution in [0.5, 0.6) is 0 Å². The third kappa shape index (κ3) is 1.50. The molecule has 0 fully saturated rings. The van der Waals surface area contributed by atoms with Gasteiger partial charge in [-0.3, -0.25) is 0 Å². The maximum atomic E-state index is 10.9. The molecule has 0 aliphatic heterocycles. The number of aryl methyl sites for hydroxylation is 1. The molecule has 3 rings (SSSR count). The van der Waals surface area contributed by atoms with Crippen LogP contribution in [-0.4, -0.2) is 21.0 Å². The quantitative estimate of drug-likeness (QED) is 0.644. The number of H-pyrrole nitrogens is 2. The molecular weight excluding hydrogens is 228 g/mol. The van der Waals surface area contributed by atoms with Gasteiger partial charge in [0.15, 0.2) is 0 Å². The summed E-state index contributed by atoms with van der Waals surface area (Å²) >= 11 is 0. The maximum Gasteiger partial charge on any atom is 0.352 e. The van der Waals surface area contributed by atoms with E-state index in [1.54, 1.807) is 12.1 Å². The topological polar surface area (TPSA) is 68.9 Å². The Bertz CT molecular complexity index is 737. The van der Waals surface area contributed by atoms with Crippen molar-refractivity contribution < 1.29 is 9.90 Å². The predicted octanol–water partition coefficient (Wildman–Crippen LogP) is 3.17. The Kier molecular flexibility index (Phi) is 2.23. The molecule has 0 saturated heterocycles. The Hall–Kier alpha value is -2.49. The summed E-state index contributed by atoms with van der Waals surface area (Å²) in [6, 6.07) is 11.4. The highest BCUT2D eigenvalue weighted by Crippen LogP contribution is 2.31. The Labute approximate surface area is 103 Å². The van der Waals surface area contributed by atoms with Crippen LogP contribution in [0, 0.1) is 6.92 Å². The second-order valence-corrected chi connectivity index (χ2v) is 4.26. The van der Waals surface area contributed by atoms with Gasteiger partial charge in [0.2, 0.25) is 0 Å². The minimum Gasteiger partial charge on any atom is -0.477 e. The van der Waals surface area contributed by atoms with Crippen molar-refractivity contribution in [2.45, 2.75) is 6.92 Å². The Morgan fingerprint density at radius 2 is 1.89 bits per heavy atom. The van der Waals surface area contributed by atoms with Crippen LogP contribution in [0.1, 0.15) is 16.2 Å². The van der Waals surface area contributed by atoms with Crippen LogP contribution in [0.25, 0.3) is 22.2 Å². The highest BCUT2D eigenvalue weighted by atomic mass is 16.4. The van der Waals surface area contributed by atoms with Crippen molar-refractivity contribution in [2.24, 2.45) is 0 Å². The predicted molar refractivity (Wildman–Crippen MR) is 69.8 cm³/mol. The lowest BCUT2D eigenvalue weighted by molar-refractivity contribution is 0.0691. The van der Waals surface area contributed by atoms with Crippen molar-refractivity contribution in [1.29, 1.82) is 0 Å². The largest absolute Gasteiger partial charge is 0.477 e. The number of carboxylic acids is 1. The first-order chi connectivity index (χ1) is 8.66. The lowest BCUT2D eigenvalue weighted by atomic mass is 10.1. The van der Waals surface area contributed by atoms with E-state index in [1.165, 1.54) is 0 Å². The van der Waals surface area contributed by atoms with E-state index in [1.807, 2.05) is 31.2 Å². The Balaban J connectivity index is 2.24. The molecule has 0 spiro atoms. The lowest BCUT2D eigenvalue weighted by Crippen LogP contribution is -1.95. The molecule has 0 unspecified atom stereocenters. The number of benzene rings is 1. The first-order valence-electron chi connectivity index (χ1n) is 5.67. The average Bonchev–Trinajstić information content (AvgIpc) is 2.91. The van der Waals surface area contributed by atoms with Gasteiger partial charge in [-0.05, 0) is 25.1 Å². The van der Waals surface area contributed by atoms with Gasteiger partial charge in [-0.15, -0.1) is 0 Å². The maximum absolute atomic E-state index is 10.9. The van der Waals surface area contributed by atoms with Gasteiger partial charge in [-0.1, -0.05) is 18.2 Å². The standard InChI is InChI=1S/C14H12N2O2/c1-8-13(9-4-2-3-5-10(9)15-8)11-6-7-12(16-11)14(17)18/h2-7,15-16H,1H3,(H,17,18). The minimum atomic E-state index is -0.946. The molecule has 0 bridgehead atoms. The number of aromatic nitrogens is 2. The number of carbonyl (C=O) groups is 1. The fourth-order valence-electron chi connectivity index (χ4n) is 2.29. The van der Waals surface area contributed by atoms with Gasteiger partial charge in [0, 0.05) is 27.9 Å². The van der Waals surface area contributed by atoms with Crippen molar-refractivity contribution in [3.63, 3.8) is 0 Å². The van der Waals surface area contributed by atoms with Crippen LogP contribution >= 0.6 is 0 Å². The minimum absolute atomic E-state index is 0.203. The number of para-hydroxylation sites is 1. The molecule has 1 aromatic carbocycles. The van der Waals surface area contributed by atoms with Crippen LogP contribution < -0.4 is 0 Å². The molecule has 4 nitrogen and oxygen atoms in total. The molecule has 3 aromatic rings. The monoisotopic (exact) mass is 240 g/mol. The molecule has 2 heterocycles. The average molecular weight is 240 g/mol. The summed E-state index contributed by atoms with van der Waals surface area (Å²) in [6.45, 7) is 1.98. The van der Waals surface area contributed by atoms with Gasteiger partial charge < -0.3 is 15.1 Å². The van der Waals surface area contributed by atoms with E-state index >= 15 is 0 Å². The van der Waals surface area contributed by atoms with Gasteiger partial charge >= 0.3 is 5.97 Å². The molecule has 0 saturated carbocycles. The molecular formula is C14H12N2O2. The summed E-state index contributed by atoms with van der Waals surface area (Å²) in [7, 11) is 0. The van der Waals surface area contributed by atoms with Gasteiger partial charge in [0.05, 0.1) is 0 Å². The zero-order valence-corrected chi connectivity index (χ0v) is 9.82. The van der Waals surface area contributed by atoms with Gasteiger partial charge in [-0.2, -0.15) is 0 Å². The zero-order chi connectivity index (χ0) is 12.7. The number of hydrogen-bond donors (Lipinski definition) is 3. The van der Waals surface area contributed by atoms with Crippen molar-refractivity contribution in [2.75, 3.05) is 0 Å². The SMILES string of the molecule is Cc1[nH]c2ccccc2c1-c1ccc(C(=O)O)[nH]1. The van der Waals surface area contributed by atoms with Crippen LogP contribution in [0.3, 0.4) is 0 Å². The van der Waals surface area contributed by atoms with E-state index in [-0.39, 0.29) is 5.69 Å². The molecule has 3 N–H and O–H groups in total. The van der Waals surface area contributed by atoms with E-state index < -0.39 is 5.97 Å². The second-order valence-electron chi connectivity index (χ2n) is 4.26. The first-order valence-corrected chi connectivity index (χ1v) is 5.67. The van der Waals surface area contributed by atoms with E-state index in [9.17, 15) is 4.79 Å². The summed E-state index contributed by atoms with van der Waals surface area (Å²) < 4.78 is 0. The van der Waals surface area contributed by atoms with Crippen LogP contribution in [-0.2, 0) is 0 Å². The molecule has 0 aliphatic rings. The summed E-state index contributed by atoms with van der Waals surface area (Å²) in [4.78, 5) is 17.1. The summed E-state index contributed by atoms with van der Waals surface area (Å²) in [5, 5.41) is 10.0. The van der Waals surface area contributed by atoms with Crippen LogP contribution in [0.4, 0.5) is 0 Å². The molecule has 0 aliphatic carbocycles. The fourth-order valence-corrected chi connectivity index (χ4v) is 2.29. The number of fused-ring (bicyclic) bond motifs is 1. The Morgan fingerprint density at radius 3 is 2.61 bits per heavy atom. The summed E-state index contributed by atoms with van der Waals surface area (Å²) in [6.07, 6.45) is 0. The number of aromatic amines is 2. The van der Waals surface area contributed by atoms with Crippen molar-refractivity contribution in [3.05, 3.63) is 47.8 Å². The van der Waals surface area contributed by atoms with E-state index in [0.29, 0.717) is 0 Å². The molecule has 0 amide bonds. The Morgan fingerprint density at radius 1 is 1.11 bits per heavy atom. The summed E-state index contributed by atoms with van der Waals surface area (Å²) in [5.74, 6) is -0.946. The molecule has 0 atom stereocenters.